The van der Waals surface area contributed by atoms with Crippen molar-refractivity contribution in [3.63, 3.8) is 0 Å². The van der Waals surface area contributed by atoms with Gasteiger partial charge >= 0.3 is 5.97 Å². The van der Waals surface area contributed by atoms with Gasteiger partial charge in [0.25, 0.3) is 0 Å². The second-order valence-corrected chi connectivity index (χ2v) is 6.38. The van der Waals surface area contributed by atoms with E-state index in [1.807, 2.05) is 13.8 Å². The molecule has 0 fully saturated rings. The fraction of sp³-hybridized carbons (Fsp3) is 0.429. The summed E-state index contributed by atoms with van der Waals surface area (Å²) in [5.74, 6) is -1.83. The van der Waals surface area contributed by atoms with Gasteiger partial charge in [-0.3, -0.25) is 4.79 Å². The third-order valence-corrected chi connectivity index (χ3v) is 4.96. The van der Waals surface area contributed by atoms with E-state index in [2.05, 4.69) is 15.9 Å². The second kappa shape index (κ2) is 7.78. The lowest BCUT2D eigenvalue weighted by Gasteiger charge is -2.11. The molecule has 0 spiro atoms. The van der Waals surface area contributed by atoms with Crippen molar-refractivity contribution in [2.75, 3.05) is 0 Å². The van der Waals surface area contributed by atoms with E-state index in [0.29, 0.717) is 21.7 Å². The van der Waals surface area contributed by atoms with Crippen LogP contribution in [0.1, 0.15) is 43.5 Å². The highest BCUT2D eigenvalue weighted by atomic mass is 79.9. The number of carbonyl (C=O) groups is 2. The van der Waals surface area contributed by atoms with Gasteiger partial charge in [-0.15, -0.1) is 0 Å². The fourth-order valence-electron chi connectivity index (χ4n) is 1.75. The number of carboxylic acids is 1. The molecule has 3 nitrogen and oxygen atoms in total. The Labute approximate surface area is 130 Å². The molecular formula is C14H16BrFO3S. The van der Waals surface area contributed by atoms with Gasteiger partial charge in [0.1, 0.15) is 5.82 Å². The maximum atomic E-state index is 13.4. The molecular weight excluding hydrogens is 347 g/mol. The van der Waals surface area contributed by atoms with Gasteiger partial charge in [0.15, 0.2) is 5.12 Å². The number of hydrogen-bond donors (Lipinski definition) is 1. The first-order chi connectivity index (χ1) is 9.38. The summed E-state index contributed by atoms with van der Waals surface area (Å²) < 4.78 is 13.8. The summed E-state index contributed by atoms with van der Waals surface area (Å²) in [6.45, 7) is 4.06. The van der Waals surface area contributed by atoms with E-state index in [4.69, 9.17) is 5.11 Å². The van der Waals surface area contributed by atoms with Crippen LogP contribution in [0.2, 0.25) is 0 Å². The maximum Gasteiger partial charge on any atom is 0.338 e. The van der Waals surface area contributed by atoms with Crippen LogP contribution in [0.4, 0.5) is 4.39 Å². The molecule has 0 amide bonds. The van der Waals surface area contributed by atoms with E-state index in [1.165, 1.54) is 6.07 Å². The zero-order chi connectivity index (χ0) is 15.3. The van der Waals surface area contributed by atoms with Crippen molar-refractivity contribution in [2.45, 2.75) is 38.0 Å². The Morgan fingerprint density at radius 2 is 1.95 bits per heavy atom. The van der Waals surface area contributed by atoms with Gasteiger partial charge in [-0.2, -0.15) is 0 Å². The molecule has 0 saturated heterocycles. The molecule has 0 unspecified atom stereocenters. The summed E-state index contributed by atoms with van der Waals surface area (Å²) in [6, 6.07) is 2.27. The molecule has 20 heavy (non-hydrogen) atoms. The van der Waals surface area contributed by atoms with Crippen molar-refractivity contribution in [1.29, 1.82) is 0 Å². The summed E-state index contributed by atoms with van der Waals surface area (Å²) in [5.41, 5.74) is -0.425. The van der Waals surface area contributed by atoms with Gasteiger partial charge in [0.2, 0.25) is 0 Å². The summed E-state index contributed by atoms with van der Waals surface area (Å²) in [6.07, 6.45) is 2.28. The quantitative estimate of drug-likeness (QED) is 0.743. The monoisotopic (exact) mass is 362 g/mol. The van der Waals surface area contributed by atoms with Crippen LogP contribution in [-0.2, 0) is 4.79 Å². The third-order valence-electron chi connectivity index (χ3n) is 3.09. The third kappa shape index (κ3) is 4.59. The van der Waals surface area contributed by atoms with E-state index < -0.39 is 17.3 Å². The minimum atomic E-state index is -1.34. The van der Waals surface area contributed by atoms with Crippen LogP contribution >= 0.6 is 27.7 Å². The number of halogens is 2. The van der Waals surface area contributed by atoms with Crippen LogP contribution in [0.25, 0.3) is 0 Å². The number of carbonyl (C=O) groups excluding carboxylic acids is 1. The zero-order valence-electron chi connectivity index (χ0n) is 11.3. The van der Waals surface area contributed by atoms with Crippen LogP contribution in [-0.4, -0.2) is 16.2 Å². The number of rotatable bonds is 6. The van der Waals surface area contributed by atoms with E-state index in [1.54, 1.807) is 0 Å². The predicted octanol–water partition coefficient (Wildman–Crippen LogP) is 4.73. The Morgan fingerprint density at radius 3 is 2.45 bits per heavy atom. The molecule has 0 bridgehead atoms. The summed E-state index contributed by atoms with van der Waals surface area (Å²) in [5, 5.41) is 8.85. The molecule has 0 atom stereocenters. The number of aromatic carboxylic acids is 1. The first kappa shape index (κ1) is 17.2. The van der Waals surface area contributed by atoms with Crippen molar-refractivity contribution in [1.82, 2.24) is 0 Å². The Kier molecular flexibility index (Phi) is 6.68. The molecule has 0 aliphatic rings. The Hall–Kier alpha value is -0.880. The van der Waals surface area contributed by atoms with Gasteiger partial charge in [-0.1, -0.05) is 38.5 Å². The lowest BCUT2D eigenvalue weighted by atomic mass is 10.0. The molecule has 1 aromatic rings. The first-order valence-corrected chi connectivity index (χ1v) is 7.92. The number of hydrogen-bond acceptors (Lipinski definition) is 3. The van der Waals surface area contributed by atoms with E-state index in [-0.39, 0.29) is 5.12 Å². The molecule has 0 saturated carbocycles. The van der Waals surface area contributed by atoms with E-state index >= 15 is 0 Å². The van der Waals surface area contributed by atoms with Crippen molar-refractivity contribution in [3.8, 4) is 0 Å². The van der Waals surface area contributed by atoms with Gasteiger partial charge in [-0.25, -0.2) is 9.18 Å². The first-order valence-electron chi connectivity index (χ1n) is 6.32. The average Bonchev–Trinajstić information content (AvgIpc) is 2.38. The molecule has 110 valence electrons. The molecule has 0 aromatic heterocycles. The average molecular weight is 363 g/mol. The van der Waals surface area contributed by atoms with E-state index in [9.17, 15) is 14.0 Å². The topological polar surface area (TPSA) is 54.4 Å². The molecule has 1 rings (SSSR count). The van der Waals surface area contributed by atoms with Crippen molar-refractivity contribution in [3.05, 3.63) is 28.0 Å². The summed E-state index contributed by atoms with van der Waals surface area (Å²) in [7, 11) is 0. The molecule has 1 N–H and O–H groups in total. The smallest absolute Gasteiger partial charge is 0.338 e. The molecule has 0 heterocycles. The van der Waals surface area contributed by atoms with Gasteiger partial charge in [-0.05, 0) is 34.0 Å². The molecule has 0 aliphatic heterocycles. The highest BCUT2D eigenvalue weighted by Gasteiger charge is 2.18. The minimum Gasteiger partial charge on any atom is -0.478 e. The van der Waals surface area contributed by atoms with Gasteiger partial charge < -0.3 is 5.11 Å². The van der Waals surface area contributed by atoms with Crippen LogP contribution < -0.4 is 0 Å². The lowest BCUT2D eigenvalue weighted by Crippen LogP contribution is -2.05. The minimum absolute atomic E-state index is 0.0395. The van der Waals surface area contributed by atoms with E-state index in [0.717, 1.165) is 30.7 Å². The number of benzene rings is 1. The summed E-state index contributed by atoms with van der Waals surface area (Å²) >= 11 is 4.11. The predicted molar refractivity (Wildman–Crippen MR) is 80.6 cm³/mol. The van der Waals surface area contributed by atoms with Crippen molar-refractivity contribution in [2.24, 2.45) is 5.92 Å². The Morgan fingerprint density at radius 1 is 1.35 bits per heavy atom. The van der Waals surface area contributed by atoms with Gasteiger partial charge in [0.05, 0.1) is 5.56 Å². The van der Waals surface area contributed by atoms with Crippen LogP contribution in [0, 0.1) is 11.7 Å². The normalized spacial score (nSPS) is 10.8. The molecule has 0 radical (unpaired) electrons. The van der Waals surface area contributed by atoms with Crippen molar-refractivity contribution >= 4 is 38.8 Å². The zero-order valence-corrected chi connectivity index (χ0v) is 13.7. The maximum absolute atomic E-state index is 13.4. The standard InChI is InChI=1S/C14H16BrFO3S/c1-3-8(4-2)5-13(17)20-12-6-9(14(18)19)11(16)7-10(12)15/h6-8H,3-5H2,1-2H3,(H,18,19). The number of carboxylic acid groups (broad SMARTS) is 1. The highest BCUT2D eigenvalue weighted by molar-refractivity contribution is 9.10. The Balaban J connectivity index is 2.89. The highest BCUT2D eigenvalue weighted by Crippen LogP contribution is 2.32. The Bertz CT molecular complexity index is 515. The van der Waals surface area contributed by atoms with Crippen LogP contribution in [0.5, 0.6) is 0 Å². The van der Waals surface area contributed by atoms with Crippen molar-refractivity contribution < 1.29 is 19.1 Å². The lowest BCUT2D eigenvalue weighted by molar-refractivity contribution is -0.111. The largest absolute Gasteiger partial charge is 0.478 e. The second-order valence-electron chi connectivity index (χ2n) is 4.43. The van der Waals surface area contributed by atoms with Crippen LogP contribution in [0.15, 0.2) is 21.5 Å². The summed E-state index contributed by atoms with van der Waals surface area (Å²) in [4.78, 5) is 23.3. The van der Waals surface area contributed by atoms with Crippen LogP contribution in [0.3, 0.4) is 0 Å². The molecule has 6 heteroatoms. The fourth-order valence-corrected chi connectivity index (χ4v) is 3.20. The number of thioether (sulfide) groups is 1. The molecule has 1 aromatic carbocycles. The van der Waals surface area contributed by atoms with Gasteiger partial charge in [0, 0.05) is 15.8 Å². The SMILES string of the molecule is CCC(CC)CC(=O)Sc1cc(C(=O)O)c(F)cc1Br. The molecule has 0 aliphatic carbocycles.